The predicted octanol–water partition coefficient (Wildman–Crippen LogP) is 2.17. The number of carbonyl (C=O) groups excluding carboxylic acids is 1. The molecule has 0 unspecified atom stereocenters. The molecule has 0 aliphatic heterocycles. The van der Waals surface area contributed by atoms with E-state index in [1.54, 1.807) is 0 Å². The molecule has 2 nitrogen and oxygen atoms in total. The number of ketones is 1. The lowest BCUT2D eigenvalue weighted by atomic mass is 10.0. The van der Waals surface area contributed by atoms with Crippen molar-refractivity contribution in [3.63, 3.8) is 0 Å². The summed E-state index contributed by atoms with van der Waals surface area (Å²) in [6, 6.07) is 9.44. The second-order valence-electron chi connectivity index (χ2n) is 2.91. The number of Topliss-reactive ketones (excluding diaryl/α,β-unsaturated/α-hetero) is 1. The van der Waals surface area contributed by atoms with E-state index in [2.05, 4.69) is 0 Å². The number of nitrogens with two attached hydrogens (primary N) is 1. The average Bonchev–Trinajstić information content (AvgIpc) is 2.22. The Morgan fingerprint density at radius 2 is 1.79 bits per heavy atom. The first-order valence-electron chi connectivity index (χ1n) is 5.00. The Labute approximate surface area is 86.1 Å². The summed E-state index contributed by atoms with van der Waals surface area (Å²) in [5.74, 6) is 0.0406. The van der Waals surface area contributed by atoms with E-state index in [0.717, 1.165) is 5.56 Å². The van der Waals surface area contributed by atoms with Crippen LogP contribution in [-0.4, -0.2) is 11.8 Å². The van der Waals surface area contributed by atoms with Gasteiger partial charge in [-0.05, 0) is 18.9 Å². The van der Waals surface area contributed by atoms with E-state index >= 15 is 0 Å². The molecule has 0 fully saturated rings. The Kier molecular flexibility index (Phi) is 6.68. The summed E-state index contributed by atoms with van der Waals surface area (Å²) in [5, 5.41) is 0. The lowest BCUT2D eigenvalue weighted by molar-refractivity contribution is -0.118. The quantitative estimate of drug-likeness (QED) is 0.799. The summed E-state index contributed by atoms with van der Waals surface area (Å²) in [6.07, 6.45) is 0.635. The van der Waals surface area contributed by atoms with Gasteiger partial charge < -0.3 is 5.73 Å². The number of hydrogen-bond acceptors (Lipinski definition) is 2. The zero-order valence-electron chi connectivity index (χ0n) is 9.16. The van der Waals surface area contributed by atoms with Crippen LogP contribution in [0.5, 0.6) is 0 Å². The first-order chi connectivity index (χ1) is 6.70. The van der Waals surface area contributed by atoms with E-state index < -0.39 is 0 Å². The third-order valence-corrected chi connectivity index (χ3v) is 1.82. The van der Waals surface area contributed by atoms with Crippen molar-refractivity contribution in [1.82, 2.24) is 0 Å². The normalized spacial score (nSPS) is 11.1. The third-order valence-electron chi connectivity index (χ3n) is 1.82. The Morgan fingerprint density at radius 1 is 1.29 bits per heavy atom. The highest BCUT2D eigenvalue weighted by Gasteiger charge is 2.07. The van der Waals surface area contributed by atoms with E-state index in [1.165, 1.54) is 6.92 Å². The molecule has 1 rings (SSSR count). The molecule has 0 aliphatic rings. The average molecular weight is 193 g/mol. The van der Waals surface area contributed by atoms with Crippen molar-refractivity contribution < 1.29 is 4.79 Å². The SMILES string of the molecule is CC.CC(=O)[C@@H](N)Cc1ccccc1. The van der Waals surface area contributed by atoms with Crippen LogP contribution < -0.4 is 5.73 Å². The number of carbonyl (C=O) groups is 1. The Bertz CT molecular complexity index is 256. The largest absolute Gasteiger partial charge is 0.321 e. The second-order valence-corrected chi connectivity index (χ2v) is 2.91. The summed E-state index contributed by atoms with van der Waals surface area (Å²) in [5.41, 5.74) is 6.71. The van der Waals surface area contributed by atoms with Crippen molar-refractivity contribution in [2.24, 2.45) is 5.73 Å². The highest BCUT2D eigenvalue weighted by Crippen LogP contribution is 2.01. The van der Waals surface area contributed by atoms with Gasteiger partial charge in [-0.25, -0.2) is 0 Å². The smallest absolute Gasteiger partial charge is 0.146 e. The van der Waals surface area contributed by atoms with Gasteiger partial charge in [0.05, 0.1) is 6.04 Å². The molecule has 2 heteroatoms. The molecule has 2 N–H and O–H groups in total. The van der Waals surface area contributed by atoms with Crippen LogP contribution in [0.15, 0.2) is 30.3 Å². The summed E-state index contributed by atoms with van der Waals surface area (Å²) in [7, 11) is 0. The molecule has 0 spiro atoms. The Morgan fingerprint density at radius 3 is 2.21 bits per heavy atom. The summed E-state index contributed by atoms with van der Waals surface area (Å²) in [4.78, 5) is 10.8. The molecule has 78 valence electrons. The molecule has 1 aromatic rings. The van der Waals surface area contributed by atoms with Crippen molar-refractivity contribution in [3.05, 3.63) is 35.9 Å². The number of benzene rings is 1. The maximum atomic E-state index is 10.8. The van der Waals surface area contributed by atoms with Crippen molar-refractivity contribution in [1.29, 1.82) is 0 Å². The van der Waals surface area contributed by atoms with Gasteiger partial charge in [0.1, 0.15) is 5.78 Å². The predicted molar refractivity (Wildman–Crippen MR) is 60.2 cm³/mol. The van der Waals surface area contributed by atoms with Gasteiger partial charge in [-0.2, -0.15) is 0 Å². The van der Waals surface area contributed by atoms with Gasteiger partial charge in [0.15, 0.2) is 0 Å². The van der Waals surface area contributed by atoms with E-state index in [-0.39, 0.29) is 11.8 Å². The van der Waals surface area contributed by atoms with Crippen molar-refractivity contribution in [2.45, 2.75) is 33.2 Å². The van der Waals surface area contributed by atoms with E-state index in [9.17, 15) is 4.79 Å². The van der Waals surface area contributed by atoms with Gasteiger partial charge in [-0.1, -0.05) is 44.2 Å². The van der Waals surface area contributed by atoms with Crippen LogP contribution >= 0.6 is 0 Å². The van der Waals surface area contributed by atoms with Crippen LogP contribution in [0, 0.1) is 0 Å². The fraction of sp³-hybridized carbons (Fsp3) is 0.417. The minimum Gasteiger partial charge on any atom is -0.321 e. The van der Waals surface area contributed by atoms with Crippen molar-refractivity contribution >= 4 is 5.78 Å². The minimum atomic E-state index is -0.354. The standard InChI is InChI=1S/C10H13NO.C2H6/c1-8(12)10(11)7-9-5-3-2-4-6-9;1-2/h2-6,10H,7,11H2,1H3;1-2H3/t10-;/m0./s1. The van der Waals surface area contributed by atoms with Crippen LogP contribution in [0.3, 0.4) is 0 Å². The second kappa shape index (κ2) is 7.27. The third kappa shape index (κ3) is 4.77. The summed E-state index contributed by atoms with van der Waals surface area (Å²) >= 11 is 0. The lowest BCUT2D eigenvalue weighted by Gasteiger charge is -2.06. The summed E-state index contributed by atoms with van der Waals surface area (Å²) < 4.78 is 0. The molecule has 1 aromatic carbocycles. The molecule has 0 saturated carbocycles. The molecule has 0 bridgehead atoms. The van der Waals surface area contributed by atoms with Gasteiger partial charge in [0.25, 0.3) is 0 Å². The Hall–Kier alpha value is -1.15. The monoisotopic (exact) mass is 193 g/mol. The van der Waals surface area contributed by atoms with E-state index in [0.29, 0.717) is 6.42 Å². The fourth-order valence-corrected chi connectivity index (χ4v) is 1.01. The van der Waals surface area contributed by atoms with E-state index in [1.807, 2.05) is 44.2 Å². The molecule has 14 heavy (non-hydrogen) atoms. The van der Waals surface area contributed by atoms with Crippen molar-refractivity contribution in [2.75, 3.05) is 0 Å². The molecule has 0 saturated heterocycles. The molecular weight excluding hydrogens is 174 g/mol. The first kappa shape index (κ1) is 12.8. The number of rotatable bonds is 3. The molecule has 1 atom stereocenters. The molecule has 0 heterocycles. The maximum absolute atomic E-state index is 10.8. The fourth-order valence-electron chi connectivity index (χ4n) is 1.01. The van der Waals surface area contributed by atoms with Gasteiger partial charge in [0, 0.05) is 0 Å². The van der Waals surface area contributed by atoms with Crippen LogP contribution in [0.25, 0.3) is 0 Å². The van der Waals surface area contributed by atoms with E-state index in [4.69, 9.17) is 5.73 Å². The zero-order chi connectivity index (χ0) is 11.0. The molecule has 0 radical (unpaired) electrons. The number of hydrogen-bond donors (Lipinski definition) is 1. The highest BCUT2D eigenvalue weighted by atomic mass is 16.1. The van der Waals surface area contributed by atoms with Gasteiger partial charge in [-0.3, -0.25) is 4.79 Å². The highest BCUT2D eigenvalue weighted by molar-refractivity contribution is 5.81. The first-order valence-corrected chi connectivity index (χ1v) is 5.00. The Balaban J connectivity index is 0.000000791. The van der Waals surface area contributed by atoms with Gasteiger partial charge >= 0.3 is 0 Å². The maximum Gasteiger partial charge on any atom is 0.146 e. The summed E-state index contributed by atoms with van der Waals surface area (Å²) in [6.45, 7) is 5.52. The zero-order valence-corrected chi connectivity index (χ0v) is 9.16. The minimum absolute atomic E-state index is 0.0406. The van der Waals surface area contributed by atoms with Crippen molar-refractivity contribution in [3.8, 4) is 0 Å². The van der Waals surface area contributed by atoms with Crippen LogP contribution in [-0.2, 0) is 11.2 Å². The lowest BCUT2D eigenvalue weighted by Crippen LogP contribution is -2.30. The topological polar surface area (TPSA) is 43.1 Å². The molecule has 0 aliphatic carbocycles. The van der Waals surface area contributed by atoms with Crippen LogP contribution in [0.2, 0.25) is 0 Å². The molecular formula is C12H19NO. The van der Waals surface area contributed by atoms with Crippen LogP contribution in [0.1, 0.15) is 26.3 Å². The van der Waals surface area contributed by atoms with Gasteiger partial charge in [0.2, 0.25) is 0 Å². The molecule has 0 amide bonds. The molecule has 0 aromatic heterocycles. The van der Waals surface area contributed by atoms with Gasteiger partial charge in [-0.15, -0.1) is 0 Å². The van der Waals surface area contributed by atoms with Crippen LogP contribution in [0.4, 0.5) is 0 Å².